The van der Waals surface area contributed by atoms with Crippen LogP contribution in [0.3, 0.4) is 0 Å². The fourth-order valence-corrected chi connectivity index (χ4v) is 3.31. The number of nitrogens with zero attached hydrogens (tertiary/aromatic N) is 2. The lowest BCUT2D eigenvalue weighted by atomic mass is 10.0. The molecule has 0 atom stereocenters. The van der Waals surface area contributed by atoms with Gasteiger partial charge in [0.05, 0.1) is 5.69 Å². The quantitative estimate of drug-likeness (QED) is 0.519. The molecule has 0 saturated carbocycles. The summed E-state index contributed by atoms with van der Waals surface area (Å²) in [5.41, 5.74) is 8.50. The Labute approximate surface area is 164 Å². The van der Waals surface area contributed by atoms with Crippen molar-refractivity contribution in [1.82, 2.24) is 9.38 Å². The predicted molar refractivity (Wildman–Crippen MR) is 114 cm³/mol. The molecule has 2 aromatic heterocycles. The van der Waals surface area contributed by atoms with Crippen molar-refractivity contribution in [2.45, 2.75) is 27.7 Å². The van der Waals surface area contributed by atoms with Gasteiger partial charge in [0.1, 0.15) is 5.65 Å². The van der Waals surface area contributed by atoms with Crippen molar-refractivity contribution in [1.29, 1.82) is 0 Å². The van der Waals surface area contributed by atoms with Crippen LogP contribution in [0.25, 0.3) is 16.9 Å². The lowest BCUT2D eigenvalue weighted by molar-refractivity contribution is 0.102. The van der Waals surface area contributed by atoms with Gasteiger partial charge in [-0.1, -0.05) is 29.8 Å². The van der Waals surface area contributed by atoms with Crippen molar-refractivity contribution >= 4 is 17.2 Å². The summed E-state index contributed by atoms with van der Waals surface area (Å²) in [6.07, 6.45) is 4.02. The van der Waals surface area contributed by atoms with Crippen LogP contribution in [-0.2, 0) is 0 Å². The van der Waals surface area contributed by atoms with Crippen molar-refractivity contribution in [2.75, 3.05) is 5.32 Å². The molecule has 0 radical (unpaired) electrons. The maximum absolute atomic E-state index is 12.8. The molecule has 0 aliphatic rings. The van der Waals surface area contributed by atoms with Crippen LogP contribution in [0.5, 0.6) is 0 Å². The van der Waals surface area contributed by atoms with Gasteiger partial charge in [-0.05, 0) is 68.7 Å². The molecule has 0 fully saturated rings. The summed E-state index contributed by atoms with van der Waals surface area (Å²) in [4.78, 5) is 17.6. The number of pyridine rings is 1. The SMILES string of the molecule is Cc1ccc(C)c(C(=O)Nc2cc(-c3cn4ccc(C)cc4n3)ccc2C)c1. The molecule has 28 heavy (non-hydrogen) atoms. The summed E-state index contributed by atoms with van der Waals surface area (Å²) in [6, 6.07) is 16.1. The molecule has 0 bridgehead atoms. The van der Waals surface area contributed by atoms with Gasteiger partial charge in [0.15, 0.2) is 0 Å². The van der Waals surface area contributed by atoms with Gasteiger partial charge in [0, 0.05) is 29.2 Å². The van der Waals surface area contributed by atoms with Gasteiger partial charge < -0.3 is 9.72 Å². The number of fused-ring (bicyclic) bond motifs is 1. The zero-order chi connectivity index (χ0) is 19.8. The van der Waals surface area contributed by atoms with E-state index in [9.17, 15) is 4.79 Å². The number of anilines is 1. The average molecular weight is 369 g/mol. The van der Waals surface area contributed by atoms with Crippen LogP contribution in [0, 0.1) is 27.7 Å². The number of aryl methyl sites for hydroxylation is 4. The molecule has 4 aromatic rings. The van der Waals surface area contributed by atoms with E-state index in [2.05, 4.69) is 24.4 Å². The van der Waals surface area contributed by atoms with Gasteiger partial charge in [0.2, 0.25) is 0 Å². The maximum atomic E-state index is 12.8. The molecule has 0 spiro atoms. The molecule has 0 aliphatic heterocycles. The van der Waals surface area contributed by atoms with Crippen molar-refractivity contribution in [3.05, 3.63) is 88.7 Å². The second-order valence-corrected chi connectivity index (χ2v) is 7.40. The van der Waals surface area contributed by atoms with E-state index in [4.69, 9.17) is 4.98 Å². The Bertz CT molecular complexity index is 1200. The minimum absolute atomic E-state index is 0.0907. The monoisotopic (exact) mass is 369 g/mol. The van der Waals surface area contributed by atoms with Gasteiger partial charge in [-0.25, -0.2) is 4.98 Å². The summed E-state index contributed by atoms with van der Waals surface area (Å²) in [7, 11) is 0. The van der Waals surface area contributed by atoms with E-state index in [1.807, 2.05) is 74.0 Å². The standard InChI is InChI=1S/C24H23N3O/c1-15-5-6-17(3)20(11-15)24(28)26-21-13-19(8-7-18(21)4)22-14-27-10-9-16(2)12-23(27)25-22/h5-14H,1-4H3,(H,26,28). The zero-order valence-corrected chi connectivity index (χ0v) is 16.6. The number of hydrogen-bond donors (Lipinski definition) is 1. The highest BCUT2D eigenvalue weighted by Gasteiger charge is 2.13. The molecular weight excluding hydrogens is 346 g/mol. The van der Waals surface area contributed by atoms with Crippen molar-refractivity contribution in [2.24, 2.45) is 0 Å². The lowest BCUT2D eigenvalue weighted by Gasteiger charge is -2.12. The van der Waals surface area contributed by atoms with Gasteiger partial charge in [-0.3, -0.25) is 4.79 Å². The van der Waals surface area contributed by atoms with E-state index < -0.39 is 0 Å². The second kappa shape index (κ2) is 6.97. The number of rotatable bonds is 3. The van der Waals surface area contributed by atoms with E-state index in [0.29, 0.717) is 5.56 Å². The molecule has 1 N–H and O–H groups in total. The van der Waals surface area contributed by atoms with E-state index in [-0.39, 0.29) is 5.91 Å². The van der Waals surface area contributed by atoms with Crippen molar-refractivity contribution < 1.29 is 4.79 Å². The van der Waals surface area contributed by atoms with Gasteiger partial charge in [-0.15, -0.1) is 0 Å². The van der Waals surface area contributed by atoms with Crippen LogP contribution in [0.1, 0.15) is 32.6 Å². The molecule has 4 nitrogen and oxygen atoms in total. The number of hydrogen-bond acceptors (Lipinski definition) is 2. The van der Waals surface area contributed by atoms with Crippen LogP contribution < -0.4 is 5.32 Å². The van der Waals surface area contributed by atoms with E-state index >= 15 is 0 Å². The molecular formula is C24H23N3O. The minimum Gasteiger partial charge on any atom is -0.322 e. The van der Waals surface area contributed by atoms with Crippen LogP contribution in [0.15, 0.2) is 60.9 Å². The molecule has 2 aromatic carbocycles. The molecule has 0 aliphatic carbocycles. The number of amides is 1. The van der Waals surface area contributed by atoms with Crippen LogP contribution in [0.2, 0.25) is 0 Å². The predicted octanol–water partition coefficient (Wildman–Crippen LogP) is 5.49. The summed E-state index contributed by atoms with van der Waals surface area (Å²) >= 11 is 0. The minimum atomic E-state index is -0.0907. The Morgan fingerprint density at radius 2 is 1.64 bits per heavy atom. The molecule has 2 heterocycles. The number of aromatic nitrogens is 2. The zero-order valence-electron chi connectivity index (χ0n) is 16.6. The van der Waals surface area contributed by atoms with Crippen LogP contribution in [0.4, 0.5) is 5.69 Å². The first-order valence-corrected chi connectivity index (χ1v) is 9.36. The average Bonchev–Trinajstić information content (AvgIpc) is 3.08. The number of nitrogens with one attached hydrogen (secondary N) is 1. The smallest absolute Gasteiger partial charge is 0.255 e. The summed E-state index contributed by atoms with van der Waals surface area (Å²) in [5, 5.41) is 3.07. The third-order valence-electron chi connectivity index (χ3n) is 5.03. The first-order valence-electron chi connectivity index (χ1n) is 9.36. The molecule has 1 amide bonds. The topological polar surface area (TPSA) is 46.4 Å². The second-order valence-electron chi connectivity index (χ2n) is 7.40. The summed E-state index contributed by atoms with van der Waals surface area (Å²) in [5.74, 6) is -0.0907. The van der Waals surface area contributed by atoms with E-state index in [1.165, 1.54) is 5.56 Å². The van der Waals surface area contributed by atoms with Crippen molar-refractivity contribution in [3.63, 3.8) is 0 Å². The Balaban J connectivity index is 1.68. The fourth-order valence-electron chi connectivity index (χ4n) is 3.31. The summed E-state index contributed by atoms with van der Waals surface area (Å²) in [6.45, 7) is 8.00. The van der Waals surface area contributed by atoms with Gasteiger partial charge >= 0.3 is 0 Å². The van der Waals surface area contributed by atoms with Crippen LogP contribution in [-0.4, -0.2) is 15.3 Å². The third kappa shape index (κ3) is 3.41. The lowest BCUT2D eigenvalue weighted by Crippen LogP contribution is -2.14. The number of carbonyl (C=O) groups is 1. The normalized spacial score (nSPS) is 11.0. The fraction of sp³-hybridized carbons (Fsp3) is 0.167. The van der Waals surface area contributed by atoms with Crippen molar-refractivity contribution in [3.8, 4) is 11.3 Å². The Morgan fingerprint density at radius 3 is 2.46 bits per heavy atom. The number of carbonyl (C=O) groups excluding carboxylic acids is 1. The molecule has 4 rings (SSSR count). The van der Waals surface area contributed by atoms with E-state index in [1.54, 1.807) is 0 Å². The highest BCUT2D eigenvalue weighted by Crippen LogP contribution is 2.26. The Kier molecular flexibility index (Phi) is 4.47. The molecule has 4 heteroatoms. The first-order chi connectivity index (χ1) is 13.4. The third-order valence-corrected chi connectivity index (χ3v) is 5.03. The number of benzene rings is 2. The maximum Gasteiger partial charge on any atom is 0.255 e. The summed E-state index contributed by atoms with van der Waals surface area (Å²) < 4.78 is 2.01. The largest absolute Gasteiger partial charge is 0.322 e. The molecule has 0 unspecified atom stereocenters. The highest BCUT2D eigenvalue weighted by atomic mass is 16.1. The Hall–Kier alpha value is -3.40. The van der Waals surface area contributed by atoms with Gasteiger partial charge in [-0.2, -0.15) is 0 Å². The molecule has 0 saturated heterocycles. The highest BCUT2D eigenvalue weighted by molar-refractivity contribution is 6.06. The van der Waals surface area contributed by atoms with E-state index in [0.717, 1.165) is 39.3 Å². The van der Waals surface area contributed by atoms with Gasteiger partial charge in [0.25, 0.3) is 5.91 Å². The van der Waals surface area contributed by atoms with Crippen LogP contribution >= 0.6 is 0 Å². The number of imidazole rings is 1. The molecule has 140 valence electrons. The Morgan fingerprint density at radius 1 is 0.893 bits per heavy atom. The first kappa shape index (κ1) is 18.0.